The summed E-state index contributed by atoms with van der Waals surface area (Å²) in [6.07, 6.45) is 1.40. The third kappa shape index (κ3) is 2.91. The van der Waals surface area contributed by atoms with Gasteiger partial charge in [0.25, 0.3) is 0 Å². The van der Waals surface area contributed by atoms with Crippen LogP contribution in [-0.2, 0) is 0 Å². The molecule has 24 heavy (non-hydrogen) atoms. The normalized spacial score (nSPS) is 11.1. The predicted molar refractivity (Wildman–Crippen MR) is 90.5 cm³/mol. The number of halogens is 1. The van der Waals surface area contributed by atoms with Crippen molar-refractivity contribution in [2.75, 3.05) is 7.11 Å². The largest absolute Gasteiger partial charge is 0.504 e. The quantitative estimate of drug-likeness (QED) is 0.562. The summed E-state index contributed by atoms with van der Waals surface area (Å²) in [5.41, 5.74) is 0.689. The van der Waals surface area contributed by atoms with E-state index in [1.807, 2.05) is 0 Å². The highest BCUT2D eigenvalue weighted by molar-refractivity contribution is 7.71. The lowest BCUT2D eigenvalue weighted by atomic mass is 10.2. The molecule has 122 valence electrons. The van der Waals surface area contributed by atoms with E-state index in [1.54, 1.807) is 36.4 Å². The number of nitrogens with zero attached hydrogens (tertiary/aromatic N) is 3. The van der Waals surface area contributed by atoms with Crippen LogP contribution in [0.2, 0.25) is 0 Å². The lowest BCUT2D eigenvalue weighted by molar-refractivity contribution is 0.373. The van der Waals surface area contributed by atoms with Crippen LogP contribution in [0, 0.1) is 10.6 Å². The van der Waals surface area contributed by atoms with Gasteiger partial charge in [0, 0.05) is 5.56 Å². The number of aromatic hydroxyl groups is 1. The van der Waals surface area contributed by atoms with Crippen molar-refractivity contribution >= 4 is 18.4 Å². The van der Waals surface area contributed by atoms with E-state index < -0.39 is 5.82 Å². The van der Waals surface area contributed by atoms with Crippen LogP contribution >= 0.6 is 12.2 Å². The van der Waals surface area contributed by atoms with Crippen LogP contribution in [0.5, 0.6) is 11.5 Å². The Bertz CT molecular complexity index is 965. The van der Waals surface area contributed by atoms with E-state index >= 15 is 0 Å². The molecule has 1 aromatic heterocycles. The molecule has 0 aliphatic rings. The Hall–Kier alpha value is -3.00. The number of hydrogen-bond donors (Lipinski definition) is 2. The Kier molecular flexibility index (Phi) is 4.39. The predicted octanol–water partition coefficient (Wildman–Crippen LogP) is 3.34. The molecule has 0 unspecified atom stereocenters. The summed E-state index contributed by atoms with van der Waals surface area (Å²) >= 11 is 5.13. The number of hydrogen-bond acceptors (Lipinski definition) is 5. The molecule has 3 aromatic rings. The van der Waals surface area contributed by atoms with Crippen molar-refractivity contribution in [3.05, 3.63) is 58.6 Å². The second-order valence-corrected chi connectivity index (χ2v) is 5.17. The van der Waals surface area contributed by atoms with Gasteiger partial charge >= 0.3 is 0 Å². The maximum absolute atomic E-state index is 14.0. The number of benzene rings is 2. The number of phenolic OH excluding ortho intramolecular Hbond substituents is 1. The van der Waals surface area contributed by atoms with Crippen molar-refractivity contribution in [2.45, 2.75) is 0 Å². The number of ether oxygens (including phenoxy) is 1. The Morgan fingerprint density at radius 2 is 2.08 bits per heavy atom. The number of methoxy groups -OCH3 is 1. The van der Waals surface area contributed by atoms with Crippen LogP contribution in [0.15, 0.2) is 47.6 Å². The molecule has 0 saturated carbocycles. The van der Waals surface area contributed by atoms with Crippen molar-refractivity contribution in [1.82, 2.24) is 14.9 Å². The Labute approximate surface area is 141 Å². The van der Waals surface area contributed by atoms with E-state index in [0.29, 0.717) is 11.3 Å². The summed E-state index contributed by atoms with van der Waals surface area (Å²) in [5.74, 6) is 0.0687. The minimum atomic E-state index is -0.438. The highest BCUT2D eigenvalue weighted by Crippen LogP contribution is 2.28. The average molecular weight is 344 g/mol. The van der Waals surface area contributed by atoms with E-state index in [2.05, 4.69) is 15.3 Å². The van der Waals surface area contributed by atoms with Crippen molar-refractivity contribution < 1.29 is 14.2 Å². The molecular formula is C16H13FN4O2S. The Balaban J connectivity index is 2.05. The summed E-state index contributed by atoms with van der Waals surface area (Å²) in [4.78, 5) is 0. The smallest absolute Gasteiger partial charge is 0.216 e. The molecule has 6 nitrogen and oxygen atoms in total. The zero-order valence-electron chi connectivity index (χ0n) is 12.6. The van der Waals surface area contributed by atoms with Gasteiger partial charge in [0.1, 0.15) is 5.82 Å². The van der Waals surface area contributed by atoms with Crippen molar-refractivity contribution in [1.29, 1.82) is 0 Å². The fraction of sp³-hybridized carbons (Fsp3) is 0.0625. The van der Waals surface area contributed by atoms with E-state index in [1.165, 1.54) is 24.1 Å². The van der Waals surface area contributed by atoms with Gasteiger partial charge in [0.2, 0.25) is 4.77 Å². The van der Waals surface area contributed by atoms with Gasteiger partial charge in [-0.25, -0.2) is 9.49 Å². The van der Waals surface area contributed by atoms with E-state index in [-0.39, 0.29) is 21.9 Å². The average Bonchev–Trinajstić information content (AvgIpc) is 2.95. The van der Waals surface area contributed by atoms with Crippen LogP contribution < -0.4 is 4.74 Å². The summed E-state index contributed by atoms with van der Waals surface area (Å²) in [6, 6.07) is 11.2. The number of para-hydroxylation sites is 1. The highest BCUT2D eigenvalue weighted by atomic mass is 32.1. The molecule has 0 radical (unpaired) electrons. The van der Waals surface area contributed by atoms with E-state index in [4.69, 9.17) is 17.0 Å². The molecule has 0 atom stereocenters. The van der Waals surface area contributed by atoms with Crippen LogP contribution in [-0.4, -0.2) is 33.3 Å². The van der Waals surface area contributed by atoms with E-state index in [0.717, 1.165) is 0 Å². The molecule has 0 aliphatic heterocycles. The first kappa shape index (κ1) is 15.9. The first-order chi connectivity index (χ1) is 11.6. The lowest BCUT2D eigenvalue weighted by Gasteiger charge is -2.05. The molecule has 2 aromatic carbocycles. The number of phenols is 1. The second kappa shape index (κ2) is 6.63. The fourth-order valence-corrected chi connectivity index (χ4v) is 2.32. The van der Waals surface area contributed by atoms with Gasteiger partial charge in [-0.3, -0.25) is 0 Å². The molecule has 3 rings (SSSR count). The third-order valence-corrected chi connectivity index (χ3v) is 3.59. The van der Waals surface area contributed by atoms with Crippen molar-refractivity contribution in [3.63, 3.8) is 0 Å². The molecule has 0 saturated heterocycles. The molecule has 0 aliphatic carbocycles. The van der Waals surface area contributed by atoms with Crippen molar-refractivity contribution in [2.24, 2.45) is 5.10 Å². The Morgan fingerprint density at radius 3 is 2.83 bits per heavy atom. The molecule has 0 spiro atoms. The number of aromatic nitrogens is 3. The maximum atomic E-state index is 14.0. The monoisotopic (exact) mass is 344 g/mol. The molecule has 0 bridgehead atoms. The van der Waals surface area contributed by atoms with Gasteiger partial charge < -0.3 is 9.84 Å². The summed E-state index contributed by atoms with van der Waals surface area (Å²) in [5, 5.41) is 20.9. The van der Waals surface area contributed by atoms with Crippen LogP contribution in [0.25, 0.3) is 11.4 Å². The van der Waals surface area contributed by atoms with Gasteiger partial charge in [-0.2, -0.15) is 14.9 Å². The summed E-state index contributed by atoms with van der Waals surface area (Å²) in [7, 11) is 1.46. The van der Waals surface area contributed by atoms with Crippen LogP contribution in [0.3, 0.4) is 0 Å². The minimum absolute atomic E-state index is 0.0498. The highest BCUT2D eigenvalue weighted by Gasteiger charge is 2.12. The number of nitrogens with one attached hydrogen (secondary N) is 1. The maximum Gasteiger partial charge on any atom is 0.216 e. The number of aromatic amines is 1. The zero-order valence-corrected chi connectivity index (χ0v) is 13.4. The van der Waals surface area contributed by atoms with Gasteiger partial charge in [-0.15, -0.1) is 0 Å². The molecule has 2 N–H and O–H groups in total. The summed E-state index contributed by atoms with van der Waals surface area (Å²) in [6.45, 7) is 0. The number of rotatable bonds is 4. The van der Waals surface area contributed by atoms with Gasteiger partial charge in [0.05, 0.1) is 18.9 Å². The molecule has 0 amide bonds. The molecule has 8 heteroatoms. The van der Waals surface area contributed by atoms with Crippen LogP contribution in [0.4, 0.5) is 4.39 Å². The minimum Gasteiger partial charge on any atom is -0.504 e. The van der Waals surface area contributed by atoms with Gasteiger partial charge in [-0.05, 0) is 36.5 Å². The Morgan fingerprint density at radius 1 is 1.29 bits per heavy atom. The molecular weight excluding hydrogens is 331 g/mol. The standard InChI is InChI=1S/C16H13FN4O2S/c1-23-13-8-4-5-10(14(13)22)9-18-21-15(19-20-16(21)24)11-6-2-3-7-12(11)17/h2-9,22H,1H3,(H,20,24)/b18-9+. The van der Waals surface area contributed by atoms with Crippen molar-refractivity contribution in [3.8, 4) is 22.9 Å². The zero-order chi connectivity index (χ0) is 17.1. The molecule has 1 heterocycles. The molecule has 0 fully saturated rings. The third-order valence-electron chi connectivity index (χ3n) is 3.33. The lowest BCUT2D eigenvalue weighted by Crippen LogP contribution is -1.97. The fourth-order valence-electron chi connectivity index (χ4n) is 2.14. The SMILES string of the molecule is COc1cccc(/C=N/n2c(-c3ccccc3F)n[nH]c2=S)c1O. The first-order valence-corrected chi connectivity index (χ1v) is 7.35. The van der Waals surface area contributed by atoms with Gasteiger partial charge in [0.15, 0.2) is 17.3 Å². The first-order valence-electron chi connectivity index (χ1n) is 6.94. The van der Waals surface area contributed by atoms with E-state index in [9.17, 15) is 9.50 Å². The summed E-state index contributed by atoms with van der Waals surface area (Å²) < 4.78 is 20.5. The topological polar surface area (TPSA) is 75.4 Å². The van der Waals surface area contributed by atoms with Gasteiger partial charge in [-0.1, -0.05) is 18.2 Å². The second-order valence-electron chi connectivity index (χ2n) is 4.79. The van der Waals surface area contributed by atoms with Crippen LogP contribution in [0.1, 0.15) is 5.56 Å². The number of H-pyrrole nitrogens is 1.